The van der Waals surface area contributed by atoms with Crippen LogP contribution < -0.4 is 0 Å². The summed E-state index contributed by atoms with van der Waals surface area (Å²) in [6.07, 6.45) is 5.94. The highest BCUT2D eigenvalue weighted by atomic mass is 16.6. The molecule has 29 heavy (non-hydrogen) atoms. The number of methoxy groups -OCH3 is 1. The Morgan fingerprint density at radius 3 is 2.41 bits per heavy atom. The average molecular weight is 405 g/mol. The molecule has 7 heteroatoms. The number of rotatable bonds is 7. The molecule has 3 rings (SSSR count). The van der Waals surface area contributed by atoms with Crippen LogP contribution in [0.2, 0.25) is 0 Å². The van der Waals surface area contributed by atoms with Crippen LogP contribution in [0.4, 0.5) is 4.79 Å². The molecule has 0 radical (unpaired) electrons. The summed E-state index contributed by atoms with van der Waals surface area (Å²) in [5, 5.41) is 0. The third-order valence-electron chi connectivity index (χ3n) is 7.59. The number of ether oxygens (including phenoxy) is 3. The van der Waals surface area contributed by atoms with Crippen LogP contribution in [-0.4, -0.2) is 69.9 Å². The van der Waals surface area contributed by atoms with E-state index in [0.29, 0.717) is 11.4 Å². The summed E-state index contributed by atoms with van der Waals surface area (Å²) in [7, 11) is 4.89. The van der Waals surface area contributed by atoms with E-state index in [4.69, 9.17) is 14.2 Å². The molecule has 0 bridgehead atoms. The van der Waals surface area contributed by atoms with Gasteiger partial charge in [0.15, 0.2) is 0 Å². The highest BCUT2D eigenvalue weighted by molar-refractivity contribution is 6.90. The van der Waals surface area contributed by atoms with Crippen molar-refractivity contribution in [3.63, 3.8) is 0 Å². The smallest absolute Gasteiger partial charge is 0.409 e. The lowest BCUT2D eigenvalue weighted by molar-refractivity contribution is -0.138. The highest BCUT2D eigenvalue weighted by Crippen LogP contribution is 2.56. The average Bonchev–Trinajstić information content (AvgIpc) is 3.34. The quantitative estimate of drug-likeness (QED) is 0.483. The molecular weight excluding hydrogens is 364 g/mol. The fourth-order valence-corrected chi connectivity index (χ4v) is 5.74. The van der Waals surface area contributed by atoms with Gasteiger partial charge in [0, 0.05) is 25.5 Å². The maximum absolute atomic E-state index is 12.8. The molecule has 5 atom stereocenters. The Kier molecular flexibility index (Phi) is 6.70. The van der Waals surface area contributed by atoms with Crippen molar-refractivity contribution in [2.75, 3.05) is 20.3 Å². The number of likely N-dealkylation sites (tertiary alicyclic amines) is 1. The van der Waals surface area contributed by atoms with Crippen LogP contribution in [-0.2, 0) is 14.2 Å². The van der Waals surface area contributed by atoms with Crippen LogP contribution in [0.3, 0.4) is 0 Å². The summed E-state index contributed by atoms with van der Waals surface area (Å²) < 4.78 is 18.1. The Morgan fingerprint density at radius 2 is 1.93 bits per heavy atom. The molecule has 1 saturated carbocycles. The van der Waals surface area contributed by atoms with E-state index >= 15 is 0 Å². The Bertz CT molecular complexity index is 586. The van der Waals surface area contributed by atoms with Gasteiger partial charge in [-0.05, 0) is 42.9 Å². The third-order valence-corrected chi connectivity index (χ3v) is 7.59. The van der Waals surface area contributed by atoms with Crippen LogP contribution in [0, 0.1) is 16.7 Å². The minimum absolute atomic E-state index is 0.0657. The van der Waals surface area contributed by atoms with Gasteiger partial charge in [-0.25, -0.2) is 4.79 Å². The SMILES string of the molecule is BBC1CCN1C(=O)OC1CCC2(CO2)C(C(C)(C)CCCC(C)(C)C)C1OC. The number of epoxide rings is 1. The molecule has 164 valence electrons. The van der Waals surface area contributed by atoms with Gasteiger partial charge >= 0.3 is 6.09 Å². The number of hydrogen-bond donors (Lipinski definition) is 0. The predicted octanol–water partition coefficient (Wildman–Crippen LogP) is 2.94. The zero-order valence-electron chi connectivity index (χ0n) is 19.8. The van der Waals surface area contributed by atoms with E-state index in [1.54, 1.807) is 7.11 Å². The number of nitrogens with zero attached hydrogens (tertiary/aromatic N) is 1. The Morgan fingerprint density at radius 1 is 1.24 bits per heavy atom. The van der Waals surface area contributed by atoms with Gasteiger partial charge in [-0.1, -0.05) is 41.0 Å². The normalized spacial score (nSPS) is 34.6. The van der Waals surface area contributed by atoms with Crippen molar-refractivity contribution in [3.8, 4) is 0 Å². The zero-order valence-corrected chi connectivity index (χ0v) is 19.8. The molecule has 5 nitrogen and oxygen atoms in total. The Hall–Kier alpha value is -0.680. The molecule has 2 heterocycles. The maximum Gasteiger partial charge on any atom is 0.409 e. The first-order valence-electron chi connectivity index (χ1n) is 11.7. The minimum atomic E-state index is -0.188. The van der Waals surface area contributed by atoms with E-state index in [1.807, 2.05) is 4.90 Å². The van der Waals surface area contributed by atoms with Crippen molar-refractivity contribution in [1.82, 2.24) is 4.90 Å². The van der Waals surface area contributed by atoms with Crippen LogP contribution in [0.5, 0.6) is 0 Å². The number of carbonyl (C=O) groups is 1. The third kappa shape index (κ3) is 4.98. The molecule has 0 N–H and O–H groups in total. The summed E-state index contributed by atoms with van der Waals surface area (Å²) in [5.74, 6) is 0.583. The van der Waals surface area contributed by atoms with Gasteiger partial charge in [-0.3, -0.25) is 0 Å². The summed E-state index contributed by atoms with van der Waals surface area (Å²) >= 11 is 0. The molecule has 1 aliphatic carbocycles. The summed E-state index contributed by atoms with van der Waals surface area (Å²) in [4.78, 5) is 14.6. The molecule has 2 aliphatic heterocycles. The molecule has 0 aromatic rings. The lowest BCUT2D eigenvalue weighted by atomic mass is 9.47. The van der Waals surface area contributed by atoms with E-state index < -0.39 is 0 Å². The molecular formula is C22H41B2NO4. The molecule has 2 saturated heterocycles. The lowest BCUT2D eigenvalue weighted by Crippen LogP contribution is -2.58. The highest BCUT2D eigenvalue weighted by Gasteiger charge is 2.63. The molecule has 0 aromatic heterocycles. The van der Waals surface area contributed by atoms with Crippen molar-refractivity contribution in [1.29, 1.82) is 0 Å². The summed E-state index contributed by atoms with van der Waals surface area (Å²) in [5.41, 5.74) is 0.329. The van der Waals surface area contributed by atoms with Crippen molar-refractivity contribution in [3.05, 3.63) is 0 Å². The second-order valence-corrected chi connectivity index (χ2v) is 11.4. The summed E-state index contributed by atoms with van der Waals surface area (Å²) in [6.45, 7) is 13.2. The molecule has 1 spiro atoms. The summed E-state index contributed by atoms with van der Waals surface area (Å²) in [6, 6.07) is 0. The van der Waals surface area contributed by atoms with Gasteiger partial charge in [0.05, 0.1) is 19.9 Å². The maximum atomic E-state index is 12.8. The number of amides is 1. The second-order valence-electron chi connectivity index (χ2n) is 11.4. The largest absolute Gasteiger partial charge is 0.443 e. The molecule has 3 aliphatic rings. The fraction of sp³-hybridized carbons (Fsp3) is 0.955. The molecule has 1 amide bonds. The van der Waals surface area contributed by atoms with E-state index in [2.05, 4.69) is 42.4 Å². The lowest BCUT2D eigenvalue weighted by Gasteiger charge is -2.49. The van der Waals surface area contributed by atoms with Gasteiger partial charge in [-0.2, -0.15) is 0 Å². The van der Waals surface area contributed by atoms with Crippen molar-refractivity contribution >= 4 is 21.0 Å². The van der Waals surface area contributed by atoms with Gasteiger partial charge in [0.2, 0.25) is 0 Å². The molecule has 0 aromatic carbocycles. The van der Waals surface area contributed by atoms with E-state index in [0.717, 1.165) is 46.0 Å². The van der Waals surface area contributed by atoms with Gasteiger partial charge in [-0.15, -0.1) is 0 Å². The minimum Gasteiger partial charge on any atom is -0.443 e. The van der Waals surface area contributed by atoms with Gasteiger partial charge < -0.3 is 19.1 Å². The first-order chi connectivity index (χ1) is 13.5. The molecule has 5 unspecified atom stereocenters. The first-order valence-corrected chi connectivity index (χ1v) is 11.7. The fourth-order valence-electron chi connectivity index (χ4n) is 5.74. The number of carbonyl (C=O) groups excluding carboxylic acids is 1. The van der Waals surface area contributed by atoms with Crippen LogP contribution in [0.25, 0.3) is 0 Å². The Balaban J connectivity index is 1.69. The van der Waals surface area contributed by atoms with Crippen molar-refractivity contribution in [2.24, 2.45) is 16.7 Å². The predicted molar refractivity (Wildman–Crippen MR) is 120 cm³/mol. The van der Waals surface area contributed by atoms with E-state index in [-0.39, 0.29) is 35.2 Å². The van der Waals surface area contributed by atoms with Crippen LogP contribution in [0.15, 0.2) is 0 Å². The van der Waals surface area contributed by atoms with Crippen LogP contribution in [0.1, 0.15) is 73.1 Å². The van der Waals surface area contributed by atoms with Gasteiger partial charge in [0.1, 0.15) is 19.4 Å². The second kappa shape index (κ2) is 8.45. The van der Waals surface area contributed by atoms with Crippen molar-refractivity contribution in [2.45, 2.75) is 96.9 Å². The Labute approximate surface area is 179 Å². The molecule has 3 fully saturated rings. The standard InChI is InChI=1S/C22H41B2NO4/c1-20(2,3)10-7-11-21(4,5)18-17(27-6)15(8-12-22(18)14-28-22)29-19(26)25-13-9-16(25)24-23/h15-18,24H,7-14,23H2,1-6H3. The van der Waals surface area contributed by atoms with Crippen LogP contribution >= 0.6 is 0 Å². The first kappa shape index (κ1) is 23.0. The van der Waals surface area contributed by atoms with Gasteiger partial charge in [0.25, 0.3) is 0 Å². The van der Waals surface area contributed by atoms with Crippen molar-refractivity contribution < 1.29 is 19.0 Å². The van der Waals surface area contributed by atoms with E-state index in [1.165, 1.54) is 12.8 Å². The van der Waals surface area contributed by atoms with E-state index in [9.17, 15) is 4.79 Å². The number of hydrogen-bond acceptors (Lipinski definition) is 4. The topological polar surface area (TPSA) is 51.3 Å². The zero-order chi connectivity index (χ0) is 21.4. The monoisotopic (exact) mass is 405 g/mol.